The Balaban J connectivity index is 1.82. The van der Waals surface area contributed by atoms with E-state index >= 15 is 0 Å². The molecule has 1 aromatic heterocycles. The molecule has 0 radical (unpaired) electrons. The number of carbonyl (C=O) groups excluding carboxylic acids is 1. The van der Waals surface area contributed by atoms with Gasteiger partial charge in [0.25, 0.3) is 0 Å². The van der Waals surface area contributed by atoms with Gasteiger partial charge in [0.05, 0.1) is 4.47 Å². The Labute approximate surface area is 174 Å². The molecule has 0 atom stereocenters. The highest BCUT2D eigenvalue weighted by Gasteiger charge is 2.17. The van der Waals surface area contributed by atoms with E-state index in [4.69, 9.17) is 16.3 Å². The van der Waals surface area contributed by atoms with Crippen molar-refractivity contribution in [2.24, 2.45) is 0 Å². The number of carbonyl (C=O) groups is 1. The zero-order valence-electron chi connectivity index (χ0n) is 14.2. The molecule has 0 unspecified atom stereocenters. The number of hydrogen-bond donors (Lipinski definition) is 0. The summed E-state index contributed by atoms with van der Waals surface area (Å²) in [5, 5.41) is 0.681. The van der Waals surface area contributed by atoms with E-state index in [1.54, 1.807) is 0 Å². The molecule has 0 saturated heterocycles. The number of Topliss-reactive ketones (excluding diaryl/α,β-unsaturated/α-hetero) is 1. The minimum absolute atomic E-state index is 0.0227. The molecule has 0 fully saturated rings. The van der Waals surface area contributed by atoms with Crippen LogP contribution in [0.1, 0.15) is 21.7 Å². The summed E-state index contributed by atoms with van der Waals surface area (Å²) in [6.45, 7) is 3.89. The van der Waals surface area contributed by atoms with Crippen molar-refractivity contribution in [3.8, 4) is 11.4 Å². The lowest BCUT2D eigenvalue weighted by Crippen LogP contribution is -2.13. The van der Waals surface area contributed by atoms with E-state index in [9.17, 15) is 4.79 Å². The van der Waals surface area contributed by atoms with Crippen molar-refractivity contribution >= 4 is 49.2 Å². The summed E-state index contributed by atoms with van der Waals surface area (Å²) < 4.78 is 9.47. The maximum Gasteiger partial charge on any atom is 0.202 e. The molecular formula is C20H16Br2ClNO2. The molecule has 134 valence electrons. The van der Waals surface area contributed by atoms with Crippen LogP contribution in [-0.4, -0.2) is 17.0 Å². The topological polar surface area (TPSA) is 31.2 Å². The average molecular weight is 498 g/mol. The Morgan fingerprint density at radius 2 is 1.77 bits per heavy atom. The molecule has 0 saturated carbocycles. The number of benzene rings is 2. The third-order valence-corrected chi connectivity index (χ3v) is 5.43. The molecule has 0 bridgehead atoms. The van der Waals surface area contributed by atoms with Crippen molar-refractivity contribution < 1.29 is 9.53 Å². The maximum atomic E-state index is 12.7. The molecular weight excluding hydrogens is 481 g/mol. The first-order valence-electron chi connectivity index (χ1n) is 7.92. The summed E-state index contributed by atoms with van der Waals surface area (Å²) in [6, 6.07) is 15.0. The van der Waals surface area contributed by atoms with Gasteiger partial charge in [-0.05, 0) is 78.3 Å². The second-order valence-electron chi connectivity index (χ2n) is 5.88. The average Bonchev–Trinajstić information content (AvgIpc) is 2.89. The molecule has 3 nitrogen and oxygen atoms in total. The lowest BCUT2D eigenvalue weighted by Gasteiger charge is -2.10. The normalized spacial score (nSPS) is 10.8. The fourth-order valence-corrected chi connectivity index (χ4v) is 4.13. The van der Waals surface area contributed by atoms with Gasteiger partial charge in [0.2, 0.25) is 5.78 Å². The molecule has 1 heterocycles. The predicted octanol–water partition coefficient (Wildman–Crippen LogP) is 6.53. The van der Waals surface area contributed by atoms with Gasteiger partial charge in [0.15, 0.2) is 6.61 Å². The van der Waals surface area contributed by atoms with E-state index in [0.29, 0.717) is 16.3 Å². The van der Waals surface area contributed by atoms with Crippen LogP contribution in [0.25, 0.3) is 5.69 Å². The Morgan fingerprint density at radius 1 is 1.08 bits per heavy atom. The summed E-state index contributed by atoms with van der Waals surface area (Å²) in [4.78, 5) is 12.7. The van der Waals surface area contributed by atoms with E-state index in [-0.39, 0.29) is 12.4 Å². The van der Waals surface area contributed by atoms with Crippen LogP contribution in [0.5, 0.6) is 5.75 Å². The van der Waals surface area contributed by atoms with Crippen LogP contribution in [0, 0.1) is 13.8 Å². The van der Waals surface area contributed by atoms with Gasteiger partial charge in [-0.25, -0.2) is 0 Å². The number of rotatable bonds is 5. The van der Waals surface area contributed by atoms with Gasteiger partial charge in [-0.3, -0.25) is 4.79 Å². The lowest BCUT2D eigenvalue weighted by molar-refractivity contribution is 0.0920. The first kappa shape index (κ1) is 19.2. The molecule has 0 aliphatic carbocycles. The minimum atomic E-state index is -0.0619. The fourth-order valence-electron chi connectivity index (χ4n) is 2.85. The molecule has 26 heavy (non-hydrogen) atoms. The lowest BCUT2D eigenvalue weighted by atomic mass is 10.1. The predicted molar refractivity (Wildman–Crippen MR) is 112 cm³/mol. The zero-order valence-corrected chi connectivity index (χ0v) is 18.2. The molecule has 2 aromatic carbocycles. The van der Waals surface area contributed by atoms with Gasteiger partial charge in [-0.2, -0.15) is 0 Å². The second kappa shape index (κ2) is 7.99. The summed E-state index contributed by atoms with van der Waals surface area (Å²) >= 11 is 12.8. The molecule has 0 aliphatic heterocycles. The summed E-state index contributed by atoms with van der Waals surface area (Å²) in [6.07, 6.45) is 0. The Morgan fingerprint density at radius 3 is 2.42 bits per heavy atom. The third kappa shape index (κ3) is 4.05. The Bertz CT molecular complexity index is 965. The molecule has 3 rings (SSSR count). The van der Waals surface area contributed by atoms with Crippen molar-refractivity contribution in [2.45, 2.75) is 13.8 Å². The van der Waals surface area contributed by atoms with Crippen LogP contribution in [0.15, 0.2) is 57.5 Å². The van der Waals surface area contributed by atoms with Gasteiger partial charge >= 0.3 is 0 Å². The minimum Gasteiger partial charge on any atom is -0.484 e. The highest BCUT2D eigenvalue weighted by Crippen LogP contribution is 2.29. The Hall–Kier alpha value is -1.56. The SMILES string of the molecule is Cc1cc(C(=O)COc2ccc(Br)cc2Br)c(C)n1-c1ccc(Cl)cc1. The molecule has 3 aromatic rings. The molecule has 0 amide bonds. The van der Waals surface area contributed by atoms with Gasteiger partial charge in [0, 0.05) is 32.1 Å². The van der Waals surface area contributed by atoms with Gasteiger partial charge in [-0.15, -0.1) is 0 Å². The summed E-state index contributed by atoms with van der Waals surface area (Å²) in [5.74, 6) is 0.571. The van der Waals surface area contributed by atoms with E-state index in [0.717, 1.165) is 26.0 Å². The molecule has 0 spiro atoms. The second-order valence-corrected chi connectivity index (χ2v) is 8.09. The number of ketones is 1. The number of halogens is 3. The molecule has 0 N–H and O–H groups in total. The van der Waals surface area contributed by atoms with Gasteiger partial charge < -0.3 is 9.30 Å². The highest BCUT2D eigenvalue weighted by molar-refractivity contribution is 9.11. The van der Waals surface area contributed by atoms with E-state index in [1.807, 2.05) is 66.9 Å². The molecule has 6 heteroatoms. The maximum absolute atomic E-state index is 12.7. The standard InChI is InChI=1S/C20H16Br2ClNO2/c1-12-9-17(13(2)24(12)16-6-4-15(23)5-7-16)19(25)11-26-20-8-3-14(21)10-18(20)22/h3-10H,11H2,1-2H3. The van der Waals surface area contributed by atoms with E-state index in [2.05, 4.69) is 31.9 Å². The summed E-state index contributed by atoms with van der Waals surface area (Å²) in [7, 11) is 0. The van der Waals surface area contributed by atoms with Crippen LogP contribution in [0.4, 0.5) is 0 Å². The number of aromatic nitrogens is 1. The third-order valence-electron chi connectivity index (χ3n) is 4.07. The first-order valence-corrected chi connectivity index (χ1v) is 9.89. The van der Waals surface area contributed by atoms with Crippen molar-refractivity contribution in [2.75, 3.05) is 6.61 Å². The first-order chi connectivity index (χ1) is 12.4. The smallest absolute Gasteiger partial charge is 0.202 e. The largest absolute Gasteiger partial charge is 0.484 e. The Kier molecular flexibility index (Phi) is 5.90. The number of nitrogens with zero attached hydrogens (tertiary/aromatic N) is 1. The van der Waals surface area contributed by atoms with E-state index < -0.39 is 0 Å². The highest BCUT2D eigenvalue weighted by atomic mass is 79.9. The van der Waals surface area contributed by atoms with E-state index in [1.165, 1.54) is 0 Å². The number of aryl methyl sites for hydroxylation is 1. The quantitative estimate of drug-likeness (QED) is 0.375. The van der Waals surface area contributed by atoms with Gasteiger partial charge in [-0.1, -0.05) is 27.5 Å². The van der Waals surface area contributed by atoms with Crippen LogP contribution >= 0.6 is 43.5 Å². The number of ether oxygens (including phenoxy) is 1. The van der Waals surface area contributed by atoms with Crippen molar-refractivity contribution in [3.05, 3.63) is 79.5 Å². The van der Waals surface area contributed by atoms with Crippen molar-refractivity contribution in [3.63, 3.8) is 0 Å². The van der Waals surface area contributed by atoms with Crippen LogP contribution in [0.2, 0.25) is 5.02 Å². The van der Waals surface area contributed by atoms with Crippen LogP contribution in [-0.2, 0) is 0 Å². The summed E-state index contributed by atoms with van der Waals surface area (Å²) in [5.41, 5.74) is 3.50. The zero-order chi connectivity index (χ0) is 18.8. The van der Waals surface area contributed by atoms with Crippen LogP contribution in [0.3, 0.4) is 0 Å². The number of hydrogen-bond acceptors (Lipinski definition) is 2. The van der Waals surface area contributed by atoms with Crippen LogP contribution < -0.4 is 4.74 Å². The van der Waals surface area contributed by atoms with Crippen molar-refractivity contribution in [1.29, 1.82) is 0 Å². The molecule has 0 aliphatic rings. The van der Waals surface area contributed by atoms with Crippen molar-refractivity contribution in [1.82, 2.24) is 4.57 Å². The van der Waals surface area contributed by atoms with Gasteiger partial charge in [0.1, 0.15) is 5.75 Å². The fraction of sp³-hybridized carbons (Fsp3) is 0.150. The monoisotopic (exact) mass is 495 g/mol.